The Balaban J connectivity index is 1.25. The number of ether oxygens (including phenoxy) is 2. The predicted molar refractivity (Wildman–Crippen MR) is 120 cm³/mol. The minimum atomic E-state index is -0.967. The highest BCUT2D eigenvalue weighted by Gasteiger charge is 2.55. The number of rotatable bonds is 5. The number of hydrogen-bond acceptors (Lipinski definition) is 4. The number of amides is 1. The molecule has 2 heterocycles. The zero-order valence-corrected chi connectivity index (χ0v) is 18.4. The van der Waals surface area contributed by atoms with Crippen LogP contribution in [-0.4, -0.2) is 54.8 Å². The van der Waals surface area contributed by atoms with Gasteiger partial charge in [0.25, 0.3) is 5.91 Å². The highest BCUT2D eigenvalue weighted by Crippen LogP contribution is 2.65. The molecular formula is C26H29NO5. The number of carboxylic acid groups (broad SMARTS) is 1. The summed E-state index contributed by atoms with van der Waals surface area (Å²) in [5.41, 5.74) is 3.67. The molecule has 2 atom stereocenters. The monoisotopic (exact) mass is 435 g/mol. The SMILES string of the molecule is COc1cc(C(=O)O)cc(-c2ccc([C@H]3CC34CCN(C(=O)[C@H]3CCCO3)CC4)cc2)c1. The number of hydrogen-bond donors (Lipinski definition) is 1. The van der Waals surface area contributed by atoms with Gasteiger partial charge in [0.2, 0.25) is 0 Å². The molecule has 6 heteroatoms. The summed E-state index contributed by atoms with van der Waals surface area (Å²) in [5.74, 6) is 0.287. The zero-order chi connectivity index (χ0) is 22.3. The van der Waals surface area contributed by atoms with E-state index in [1.54, 1.807) is 13.2 Å². The number of aromatic carboxylic acids is 1. The number of benzene rings is 2. The van der Waals surface area contributed by atoms with Crippen LogP contribution in [0.3, 0.4) is 0 Å². The molecule has 0 unspecified atom stereocenters. The van der Waals surface area contributed by atoms with Crippen molar-refractivity contribution < 1.29 is 24.2 Å². The van der Waals surface area contributed by atoms with Crippen molar-refractivity contribution in [2.75, 3.05) is 26.8 Å². The van der Waals surface area contributed by atoms with Crippen molar-refractivity contribution in [3.05, 3.63) is 53.6 Å². The van der Waals surface area contributed by atoms with E-state index < -0.39 is 5.97 Å². The van der Waals surface area contributed by atoms with Gasteiger partial charge in [-0.15, -0.1) is 0 Å². The van der Waals surface area contributed by atoms with Crippen molar-refractivity contribution in [3.8, 4) is 16.9 Å². The van der Waals surface area contributed by atoms with Gasteiger partial charge in [0.1, 0.15) is 11.9 Å². The molecule has 1 aliphatic carbocycles. The summed E-state index contributed by atoms with van der Waals surface area (Å²) in [5, 5.41) is 9.37. The Kier molecular flexibility index (Phi) is 5.41. The standard InChI is InChI=1S/C26H29NO5/c1-31-21-14-19(13-20(15-21)25(29)30)17-4-6-18(7-5-17)22-16-26(22)8-10-27(11-9-26)24(28)23-3-2-12-32-23/h4-7,13-15,22-23H,2-3,8-12,16H2,1H3,(H,29,30)/t22-,23-/m1/s1. The van der Waals surface area contributed by atoms with Crippen LogP contribution >= 0.6 is 0 Å². The van der Waals surface area contributed by atoms with E-state index in [1.165, 1.54) is 18.1 Å². The second kappa shape index (κ2) is 8.24. The van der Waals surface area contributed by atoms with Crippen molar-refractivity contribution in [3.63, 3.8) is 0 Å². The van der Waals surface area contributed by atoms with Crippen molar-refractivity contribution in [2.45, 2.75) is 44.1 Å². The minimum Gasteiger partial charge on any atom is -0.497 e. The summed E-state index contributed by atoms with van der Waals surface area (Å²) in [4.78, 5) is 26.1. The second-order valence-electron chi connectivity index (χ2n) is 9.32. The fourth-order valence-electron chi connectivity index (χ4n) is 5.44. The van der Waals surface area contributed by atoms with Gasteiger partial charge in [0, 0.05) is 19.7 Å². The summed E-state index contributed by atoms with van der Waals surface area (Å²) in [7, 11) is 1.54. The number of methoxy groups -OCH3 is 1. The largest absolute Gasteiger partial charge is 0.497 e. The van der Waals surface area contributed by atoms with E-state index in [1.807, 2.05) is 11.0 Å². The Hall–Kier alpha value is -2.86. The molecular weight excluding hydrogens is 406 g/mol. The first-order chi connectivity index (χ1) is 15.5. The molecule has 5 rings (SSSR count). The lowest BCUT2D eigenvalue weighted by Gasteiger charge is -2.34. The third-order valence-electron chi connectivity index (χ3n) is 7.50. The van der Waals surface area contributed by atoms with Gasteiger partial charge in [-0.2, -0.15) is 0 Å². The second-order valence-corrected chi connectivity index (χ2v) is 9.32. The smallest absolute Gasteiger partial charge is 0.335 e. The summed E-state index contributed by atoms with van der Waals surface area (Å²) < 4.78 is 10.9. The number of nitrogens with zero attached hydrogens (tertiary/aromatic N) is 1. The lowest BCUT2D eigenvalue weighted by atomic mass is 9.88. The van der Waals surface area contributed by atoms with Gasteiger partial charge < -0.3 is 19.5 Å². The maximum absolute atomic E-state index is 12.6. The molecule has 0 bridgehead atoms. The van der Waals surface area contributed by atoms with Crippen LogP contribution in [0.5, 0.6) is 5.75 Å². The van der Waals surface area contributed by atoms with Gasteiger partial charge in [-0.05, 0) is 78.3 Å². The lowest BCUT2D eigenvalue weighted by molar-refractivity contribution is -0.142. The number of carboxylic acids is 1. The topological polar surface area (TPSA) is 76.1 Å². The van der Waals surface area contributed by atoms with Gasteiger partial charge in [-0.3, -0.25) is 4.79 Å². The molecule has 1 saturated carbocycles. The van der Waals surface area contributed by atoms with E-state index >= 15 is 0 Å². The molecule has 0 radical (unpaired) electrons. The Morgan fingerprint density at radius 3 is 2.47 bits per heavy atom. The summed E-state index contributed by atoms with van der Waals surface area (Å²) in [6, 6.07) is 13.5. The highest BCUT2D eigenvalue weighted by atomic mass is 16.5. The molecule has 0 aromatic heterocycles. The van der Waals surface area contributed by atoms with Gasteiger partial charge in [0.05, 0.1) is 12.7 Å². The summed E-state index contributed by atoms with van der Waals surface area (Å²) >= 11 is 0. The number of carbonyl (C=O) groups excluding carboxylic acids is 1. The maximum atomic E-state index is 12.6. The molecule has 1 N–H and O–H groups in total. The Bertz CT molecular complexity index is 1020. The molecule has 2 aromatic rings. The van der Waals surface area contributed by atoms with Crippen LogP contribution in [0, 0.1) is 5.41 Å². The van der Waals surface area contributed by atoms with Gasteiger partial charge in [-0.25, -0.2) is 4.79 Å². The van der Waals surface area contributed by atoms with Gasteiger partial charge >= 0.3 is 5.97 Å². The summed E-state index contributed by atoms with van der Waals surface area (Å²) in [6.45, 7) is 2.36. The molecule has 32 heavy (non-hydrogen) atoms. The molecule has 3 fully saturated rings. The molecule has 2 saturated heterocycles. The van der Waals surface area contributed by atoms with Crippen LogP contribution in [0.4, 0.5) is 0 Å². The first-order valence-electron chi connectivity index (χ1n) is 11.4. The zero-order valence-electron chi connectivity index (χ0n) is 18.4. The first kappa shape index (κ1) is 21.0. The molecule has 168 valence electrons. The Labute approximate surface area is 188 Å². The van der Waals surface area contributed by atoms with Crippen LogP contribution in [0.15, 0.2) is 42.5 Å². The Morgan fingerprint density at radius 2 is 1.84 bits per heavy atom. The van der Waals surface area contributed by atoms with Crippen LogP contribution in [0.2, 0.25) is 0 Å². The highest BCUT2D eigenvalue weighted by molar-refractivity contribution is 5.90. The first-order valence-corrected chi connectivity index (χ1v) is 11.4. The fourth-order valence-corrected chi connectivity index (χ4v) is 5.44. The van der Waals surface area contributed by atoms with Crippen LogP contribution in [0.1, 0.15) is 53.9 Å². The average molecular weight is 436 g/mol. The summed E-state index contributed by atoms with van der Waals surface area (Å²) in [6.07, 6.45) is 4.91. The molecule has 1 spiro atoms. The average Bonchev–Trinajstić information content (AvgIpc) is 3.24. The van der Waals surface area contributed by atoms with E-state index in [2.05, 4.69) is 24.3 Å². The number of carbonyl (C=O) groups is 2. The van der Waals surface area contributed by atoms with Crippen molar-refractivity contribution in [1.82, 2.24) is 4.90 Å². The van der Waals surface area contributed by atoms with E-state index in [9.17, 15) is 14.7 Å². The molecule has 2 aromatic carbocycles. The van der Waals surface area contributed by atoms with Crippen LogP contribution in [-0.2, 0) is 9.53 Å². The minimum absolute atomic E-state index is 0.179. The maximum Gasteiger partial charge on any atom is 0.335 e. The van der Waals surface area contributed by atoms with Crippen molar-refractivity contribution in [2.24, 2.45) is 5.41 Å². The number of piperidine rings is 1. The Morgan fingerprint density at radius 1 is 1.09 bits per heavy atom. The van der Waals surface area contributed by atoms with Crippen molar-refractivity contribution in [1.29, 1.82) is 0 Å². The van der Waals surface area contributed by atoms with E-state index in [0.29, 0.717) is 23.7 Å². The van der Waals surface area contributed by atoms with E-state index in [-0.39, 0.29) is 17.6 Å². The fraction of sp³-hybridized carbons (Fsp3) is 0.462. The predicted octanol–water partition coefficient (Wildman–Crippen LogP) is 4.34. The molecule has 2 aliphatic heterocycles. The number of likely N-dealkylation sites (tertiary alicyclic amines) is 1. The van der Waals surface area contributed by atoms with Crippen molar-refractivity contribution >= 4 is 11.9 Å². The van der Waals surface area contributed by atoms with Crippen LogP contribution < -0.4 is 4.74 Å². The molecule has 1 amide bonds. The van der Waals surface area contributed by atoms with E-state index in [0.717, 1.165) is 49.9 Å². The van der Waals surface area contributed by atoms with E-state index in [4.69, 9.17) is 9.47 Å². The quantitative estimate of drug-likeness (QED) is 0.756. The lowest BCUT2D eigenvalue weighted by Crippen LogP contribution is -2.44. The molecule has 6 nitrogen and oxygen atoms in total. The molecule has 3 aliphatic rings. The van der Waals surface area contributed by atoms with Gasteiger partial charge in [0.15, 0.2) is 0 Å². The third-order valence-corrected chi connectivity index (χ3v) is 7.50. The van der Waals surface area contributed by atoms with Crippen LogP contribution in [0.25, 0.3) is 11.1 Å². The normalized spacial score (nSPS) is 23.8. The third kappa shape index (κ3) is 3.88. The van der Waals surface area contributed by atoms with Gasteiger partial charge in [-0.1, -0.05) is 24.3 Å².